The van der Waals surface area contributed by atoms with E-state index in [4.69, 9.17) is 4.74 Å². The smallest absolute Gasteiger partial charge is 0.387 e. The SMILES string of the molecule is O=C(CN1C[C@H](c2ccc(OC(F)F)c(OCC3CC3)c2)CC1=O)Nc1nc(C2CC2)cs1. The summed E-state index contributed by atoms with van der Waals surface area (Å²) >= 11 is 1.39. The molecule has 2 saturated carbocycles. The minimum atomic E-state index is -2.95. The van der Waals surface area contributed by atoms with Crippen molar-refractivity contribution in [3.05, 3.63) is 34.8 Å². The van der Waals surface area contributed by atoms with Crippen LogP contribution in [0.1, 0.15) is 55.2 Å². The van der Waals surface area contributed by atoms with E-state index in [1.807, 2.05) is 5.38 Å². The summed E-state index contributed by atoms with van der Waals surface area (Å²) in [6, 6.07) is 4.82. The molecule has 3 fully saturated rings. The van der Waals surface area contributed by atoms with E-state index in [1.54, 1.807) is 12.1 Å². The van der Waals surface area contributed by atoms with Gasteiger partial charge in [-0.15, -0.1) is 11.3 Å². The molecule has 3 aliphatic rings. The number of carbonyl (C=O) groups excluding carboxylic acids is 2. The number of halogens is 2. The van der Waals surface area contributed by atoms with Gasteiger partial charge in [-0.05, 0) is 49.3 Å². The summed E-state index contributed by atoms with van der Waals surface area (Å²) in [7, 11) is 0. The summed E-state index contributed by atoms with van der Waals surface area (Å²) in [5, 5.41) is 5.30. The topological polar surface area (TPSA) is 80.8 Å². The fourth-order valence-electron chi connectivity index (χ4n) is 3.97. The number of nitrogens with one attached hydrogen (secondary N) is 1. The van der Waals surface area contributed by atoms with Crippen molar-refractivity contribution in [3.63, 3.8) is 0 Å². The van der Waals surface area contributed by atoms with E-state index >= 15 is 0 Å². The highest BCUT2D eigenvalue weighted by Crippen LogP contribution is 2.41. The molecule has 0 spiro atoms. The first kappa shape index (κ1) is 22.1. The maximum atomic E-state index is 12.8. The third-order valence-corrected chi connectivity index (χ3v) is 6.92. The van der Waals surface area contributed by atoms with Gasteiger partial charge in [-0.2, -0.15) is 8.78 Å². The normalized spacial score (nSPS) is 20.4. The Morgan fingerprint density at radius 2 is 2.03 bits per heavy atom. The summed E-state index contributed by atoms with van der Waals surface area (Å²) in [6.45, 7) is -2.17. The fraction of sp³-hybridized carbons (Fsp3) is 0.522. The summed E-state index contributed by atoms with van der Waals surface area (Å²) in [5.74, 6) is 0.658. The van der Waals surface area contributed by atoms with Crippen LogP contribution in [0.3, 0.4) is 0 Å². The van der Waals surface area contributed by atoms with Crippen molar-refractivity contribution in [3.8, 4) is 11.5 Å². The first-order valence-corrected chi connectivity index (χ1v) is 12.1. The van der Waals surface area contributed by atoms with Gasteiger partial charge in [0.1, 0.15) is 0 Å². The van der Waals surface area contributed by atoms with E-state index in [1.165, 1.54) is 22.3 Å². The van der Waals surface area contributed by atoms with Crippen molar-refractivity contribution >= 4 is 28.3 Å². The Labute approximate surface area is 194 Å². The minimum absolute atomic E-state index is 0.0102. The van der Waals surface area contributed by atoms with Gasteiger partial charge in [-0.25, -0.2) is 4.98 Å². The average Bonchev–Trinajstić information content (AvgIpc) is 3.70. The molecule has 176 valence electrons. The number of likely N-dealkylation sites (tertiary alicyclic amines) is 1. The highest BCUT2D eigenvalue weighted by Gasteiger charge is 2.33. The number of aromatic nitrogens is 1. The number of nitrogens with zero attached hydrogens (tertiary/aromatic N) is 2. The number of hydrogen-bond donors (Lipinski definition) is 1. The highest BCUT2D eigenvalue weighted by atomic mass is 32.1. The number of alkyl halides is 2. The van der Waals surface area contributed by atoms with Crippen LogP contribution in [-0.4, -0.2) is 48.0 Å². The van der Waals surface area contributed by atoms with Crippen molar-refractivity contribution in [2.45, 2.75) is 50.6 Å². The van der Waals surface area contributed by atoms with Crippen molar-refractivity contribution in [1.29, 1.82) is 0 Å². The van der Waals surface area contributed by atoms with Crippen LogP contribution < -0.4 is 14.8 Å². The molecular weight excluding hydrogens is 452 g/mol. The molecule has 1 atom stereocenters. The molecule has 1 saturated heterocycles. The first-order valence-electron chi connectivity index (χ1n) is 11.2. The van der Waals surface area contributed by atoms with Crippen LogP contribution in [0.5, 0.6) is 11.5 Å². The van der Waals surface area contributed by atoms with Crippen molar-refractivity contribution < 1.29 is 27.8 Å². The van der Waals surface area contributed by atoms with Crippen molar-refractivity contribution in [2.24, 2.45) is 5.92 Å². The van der Waals surface area contributed by atoms with Crippen LogP contribution in [-0.2, 0) is 9.59 Å². The van der Waals surface area contributed by atoms with Gasteiger partial charge in [0.05, 0.1) is 18.8 Å². The van der Waals surface area contributed by atoms with Gasteiger partial charge in [-0.3, -0.25) is 9.59 Å². The number of anilines is 1. The lowest BCUT2D eigenvalue weighted by Gasteiger charge is -2.17. The summed E-state index contributed by atoms with van der Waals surface area (Å²) in [4.78, 5) is 31.0. The summed E-state index contributed by atoms with van der Waals surface area (Å²) < 4.78 is 35.9. The van der Waals surface area contributed by atoms with Gasteiger partial charge in [0.25, 0.3) is 0 Å². The molecule has 33 heavy (non-hydrogen) atoms. The predicted octanol–water partition coefficient (Wildman–Crippen LogP) is 4.37. The van der Waals surface area contributed by atoms with Gasteiger partial charge >= 0.3 is 6.61 Å². The van der Waals surface area contributed by atoms with E-state index in [2.05, 4.69) is 15.0 Å². The monoisotopic (exact) mass is 477 g/mol. The molecule has 7 nitrogen and oxygen atoms in total. The van der Waals surface area contributed by atoms with Gasteiger partial charge in [0, 0.05) is 30.2 Å². The Morgan fingerprint density at radius 1 is 1.21 bits per heavy atom. The van der Waals surface area contributed by atoms with E-state index in [0.29, 0.717) is 30.1 Å². The molecule has 1 aromatic heterocycles. The molecule has 10 heteroatoms. The van der Waals surface area contributed by atoms with E-state index in [-0.39, 0.29) is 42.2 Å². The third kappa shape index (κ3) is 5.61. The van der Waals surface area contributed by atoms with Crippen LogP contribution in [0, 0.1) is 5.92 Å². The van der Waals surface area contributed by atoms with Crippen molar-refractivity contribution in [1.82, 2.24) is 9.88 Å². The second-order valence-electron chi connectivity index (χ2n) is 8.91. The number of hydrogen-bond acceptors (Lipinski definition) is 6. The molecule has 1 aliphatic heterocycles. The Morgan fingerprint density at radius 3 is 2.76 bits per heavy atom. The lowest BCUT2D eigenvalue weighted by molar-refractivity contribution is -0.131. The Hall–Kier alpha value is -2.75. The molecule has 0 unspecified atom stereocenters. The average molecular weight is 478 g/mol. The molecule has 2 heterocycles. The van der Waals surface area contributed by atoms with Gasteiger partial charge in [0.2, 0.25) is 11.8 Å². The zero-order valence-electron chi connectivity index (χ0n) is 18.0. The van der Waals surface area contributed by atoms with Crippen LogP contribution in [0.4, 0.5) is 13.9 Å². The Balaban J connectivity index is 1.21. The zero-order valence-corrected chi connectivity index (χ0v) is 18.8. The maximum absolute atomic E-state index is 12.8. The molecule has 2 aliphatic carbocycles. The molecule has 0 radical (unpaired) electrons. The largest absolute Gasteiger partial charge is 0.489 e. The van der Waals surface area contributed by atoms with Gasteiger partial charge in [0.15, 0.2) is 16.6 Å². The molecule has 2 aromatic rings. The molecule has 0 bridgehead atoms. The van der Waals surface area contributed by atoms with Gasteiger partial charge < -0.3 is 19.7 Å². The number of carbonyl (C=O) groups is 2. The van der Waals surface area contributed by atoms with Crippen LogP contribution >= 0.6 is 11.3 Å². The lowest BCUT2D eigenvalue weighted by atomic mass is 9.98. The van der Waals surface area contributed by atoms with Crippen LogP contribution in [0.25, 0.3) is 0 Å². The lowest BCUT2D eigenvalue weighted by Crippen LogP contribution is -2.34. The quantitative estimate of drug-likeness (QED) is 0.550. The van der Waals surface area contributed by atoms with E-state index < -0.39 is 6.61 Å². The van der Waals surface area contributed by atoms with Gasteiger partial charge in [-0.1, -0.05) is 6.07 Å². The van der Waals surface area contributed by atoms with E-state index in [9.17, 15) is 18.4 Å². The maximum Gasteiger partial charge on any atom is 0.387 e. The Bertz CT molecular complexity index is 1040. The molecule has 1 aromatic carbocycles. The highest BCUT2D eigenvalue weighted by molar-refractivity contribution is 7.13. The number of rotatable bonds is 10. The second-order valence-corrected chi connectivity index (χ2v) is 9.77. The van der Waals surface area contributed by atoms with Crippen molar-refractivity contribution in [2.75, 3.05) is 25.0 Å². The van der Waals surface area contributed by atoms with Crippen LogP contribution in [0.2, 0.25) is 0 Å². The third-order valence-electron chi connectivity index (χ3n) is 6.14. The zero-order chi connectivity index (χ0) is 22.9. The predicted molar refractivity (Wildman–Crippen MR) is 118 cm³/mol. The number of ether oxygens (including phenoxy) is 2. The number of amides is 2. The molecule has 2 amide bonds. The summed E-state index contributed by atoms with van der Waals surface area (Å²) in [5.41, 5.74) is 1.82. The second kappa shape index (κ2) is 9.24. The molecular formula is C23H25F2N3O4S. The van der Waals surface area contributed by atoms with Crippen LogP contribution in [0.15, 0.2) is 23.6 Å². The Kier molecular flexibility index (Phi) is 6.18. The molecule has 5 rings (SSSR count). The fourth-order valence-corrected chi connectivity index (χ4v) is 4.78. The number of benzene rings is 1. The minimum Gasteiger partial charge on any atom is -0.489 e. The summed E-state index contributed by atoms with van der Waals surface area (Å²) in [6.07, 6.45) is 4.67. The first-order chi connectivity index (χ1) is 15.9. The molecule has 1 N–H and O–H groups in total. The number of thiazole rings is 1. The standard InChI is InChI=1S/C23H25F2N3O4S/c24-22(25)32-18-6-5-15(7-19(18)31-11-13-1-2-13)16-8-21(30)28(9-16)10-20(29)27-23-26-17(12-33-23)14-3-4-14/h5-7,12-14,16,22H,1-4,8-11H2,(H,26,27,29)/t16-/m1/s1. The van der Waals surface area contributed by atoms with E-state index in [0.717, 1.165) is 36.9 Å².